The number of amides is 1. The number of aliphatic carboxylic acids is 1. The highest BCUT2D eigenvalue weighted by molar-refractivity contribution is 5.85. The zero-order chi connectivity index (χ0) is 17.1. The van der Waals surface area contributed by atoms with Crippen LogP contribution >= 0.6 is 0 Å². The second-order valence-electron chi connectivity index (χ2n) is 7.56. The van der Waals surface area contributed by atoms with Crippen molar-refractivity contribution in [3.8, 4) is 0 Å². The molecule has 2 fully saturated rings. The van der Waals surface area contributed by atoms with Crippen LogP contribution in [-0.2, 0) is 14.3 Å². The molecule has 0 bridgehead atoms. The summed E-state index contributed by atoms with van der Waals surface area (Å²) in [6, 6.07) is 0. The molecule has 0 aliphatic carbocycles. The van der Waals surface area contributed by atoms with Gasteiger partial charge >= 0.3 is 12.1 Å². The molecule has 0 aromatic heterocycles. The van der Waals surface area contributed by atoms with Crippen LogP contribution < -0.4 is 5.32 Å². The third-order valence-corrected chi connectivity index (χ3v) is 4.36. The lowest BCUT2D eigenvalue weighted by atomic mass is 9.98. The highest BCUT2D eigenvalue weighted by Gasteiger charge is 2.47. The van der Waals surface area contributed by atoms with Crippen LogP contribution in [0.3, 0.4) is 0 Å². The summed E-state index contributed by atoms with van der Waals surface area (Å²) in [4.78, 5) is 25.9. The normalized spacial score (nSPS) is 26.9. The number of rotatable bonds is 4. The van der Waals surface area contributed by atoms with Crippen LogP contribution in [0.5, 0.6) is 0 Å². The number of carboxylic acids is 1. The molecule has 23 heavy (non-hydrogen) atoms. The van der Waals surface area contributed by atoms with Gasteiger partial charge in [0.05, 0.1) is 0 Å². The molecule has 0 spiro atoms. The summed E-state index contributed by atoms with van der Waals surface area (Å²) in [6.07, 6.45) is 1.74. The molecule has 0 saturated carbocycles. The van der Waals surface area contributed by atoms with E-state index in [0.29, 0.717) is 25.4 Å². The van der Waals surface area contributed by atoms with Crippen molar-refractivity contribution < 1.29 is 24.2 Å². The van der Waals surface area contributed by atoms with Gasteiger partial charge in [-0.1, -0.05) is 0 Å². The Morgan fingerprint density at radius 2 is 2.00 bits per heavy atom. The van der Waals surface area contributed by atoms with Gasteiger partial charge in [-0.25, -0.2) is 9.59 Å². The summed E-state index contributed by atoms with van der Waals surface area (Å²) in [6.45, 7) is 8.66. The average molecular weight is 328 g/mol. The molecule has 2 N–H and O–H groups in total. The summed E-state index contributed by atoms with van der Waals surface area (Å²) >= 11 is 0. The van der Waals surface area contributed by atoms with Crippen molar-refractivity contribution in [1.29, 1.82) is 0 Å². The number of nitrogens with one attached hydrogen (secondary N) is 1. The van der Waals surface area contributed by atoms with Gasteiger partial charge in [0.25, 0.3) is 0 Å². The van der Waals surface area contributed by atoms with Crippen LogP contribution in [-0.4, -0.2) is 66.1 Å². The van der Waals surface area contributed by atoms with E-state index in [1.807, 2.05) is 0 Å². The van der Waals surface area contributed by atoms with Crippen LogP contribution in [0, 0.1) is 5.92 Å². The second-order valence-corrected chi connectivity index (χ2v) is 7.56. The smallest absolute Gasteiger partial charge is 0.408 e. The minimum atomic E-state index is -1.26. The molecular formula is C16H28N2O5. The maximum Gasteiger partial charge on any atom is 0.408 e. The van der Waals surface area contributed by atoms with Gasteiger partial charge in [-0.3, -0.25) is 0 Å². The minimum absolute atomic E-state index is 0.318. The molecule has 1 unspecified atom stereocenters. The number of likely N-dealkylation sites (tertiary alicyclic amines) is 1. The monoisotopic (exact) mass is 328 g/mol. The first kappa shape index (κ1) is 18.0. The molecule has 1 amide bonds. The van der Waals surface area contributed by atoms with E-state index in [4.69, 9.17) is 9.47 Å². The van der Waals surface area contributed by atoms with E-state index in [-0.39, 0.29) is 0 Å². The molecule has 2 aliphatic rings. The summed E-state index contributed by atoms with van der Waals surface area (Å²) in [5.41, 5.74) is -1.91. The second kappa shape index (κ2) is 7.05. The first-order chi connectivity index (χ1) is 10.7. The van der Waals surface area contributed by atoms with Gasteiger partial charge in [0.15, 0.2) is 5.54 Å². The Bertz CT molecular complexity index is 442. The van der Waals surface area contributed by atoms with Crippen molar-refractivity contribution in [2.75, 3.05) is 32.8 Å². The average Bonchev–Trinajstić information content (AvgIpc) is 2.82. The zero-order valence-electron chi connectivity index (χ0n) is 14.3. The number of carbonyl (C=O) groups excluding carboxylic acids is 1. The summed E-state index contributed by atoms with van der Waals surface area (Å²) in [5.74, 6) is -0.465. The van der Waals surface area contributed by atoms with Crippen LogP contribution in [0.4, 0.5) is 4.79 Å². The summed E-state index contributed by atoms with van der Waals surface area (Å²) in [5, 5.41) is 12.2. The number of carboxylic acid groups (broad SMARTS) is 1. The van der Waals surface area contributed by atoms with Crippen LogP contribution in [0.2, 0.25) is 0 Å². The van der Waals surface area contributed by atoms with Crippen molar-refractivity contribution in [2.24, 2.45) is 5.92 Å². The van der Waals surface area contributed by atoms with Crippen LogP contribution in [0.15, 0.2) is 0 Å². The van der Waals surface area contributed by atoms with E-state index in [0.717, 1.165) is 32.6 Å². The van der Waals surface area contributed by atoms with Gasteiger partial charge in [-0.05, 0) is 46.0 Å². The molecule has 2 saturated heterocycles. The van der Waals surface area contributed by atoms with Gasteiger partial charge in [0.1, 0.15) is 5.60 Å². The Balaban J connectivity index is 1.93. The molecule has 2 aliphatic heterocycles. The molecular weight excluding hydrogens is 300 g/mol. The van der Waals surface area contributed by atoms with E-state index < -0.39 is 23.2 Å². The van der Waals surface area contributed by atoms with E-state index in [1.165, 1.54) is 0 Å². The number of hydrogen-bond donors (Lipinski definition) is 2. The SMILES string of the molecule is CC(C)(C)OC(=O)NC1(C(=O)O)CCN(CC2CCOCC2)C1. The van der Waals surface area contributed by atoms with E-state index in [1.54, 1.807) is 20.8 Å². The lowest BCUT2D eigenvalue weighted by Crippen LogP contribution is -2.57. The molecule has 7 nitrogen and oxygen atoms in total. The molecule has 2 rings (SSSR count). The quantitative estimate of drug-likeness (QED) is 0.812. The van der Waals surface area contributed by atoms with Crippen molar-refractivity contribution in [3.63, 3.8) is 0 Å². The fourth-order valence-corrected chi connectivity index (χ4v) is 3.17. The largest absolute Gasteiger partial charge is 0.479 e. The fourth-order valence-electron chi connectivity index (χ4n) is 3.17. The van der Waals surface area contributed by atoms with E-state index in [2.05, 4.69) is 10.2 Å². The number of nitrogens with zero attached hydrogens (tertiary/aromatic N) is 1. The van der Waals surface area contributed by atoms with Gasteiger partial charge < -0.3 is 24.8 Å². The van der Waals surface area contributed by atoms with E-state index in [9.17, 15) is 14.7 Å². The third-order valence-electron chi connectivity index (χ3n) is 4.36. The molecule has 1 atom stereocenters. The molecule has 132 valence electrons. The predicted molar refractivity (Wildman–Crippen MR) is 84.3 cm³/mol. The highest BCUT2D eigenvalue weighted by Crippen LogP contribution is 2.26. The van der Waals surface area contributed by atoms with E-state index >= 15 is 0 Å². The number of alkyl carbamates (subject to hydrolysis) is 1. The Morgan fingerprint density at radius 3 is 2.57 bits per heavy atom. The fraction of sp³-hybridized carbons (Fsp3) is 0.875. The van der Waals surface area contributed by atoms with Crippen molar-refractivity contribution >= 4 is 12.1 Å². The highest BCUT2D eigenvalue weighted by atomic mass is 16.6. The lowest BCUT2D eigenvalue weighted by molar-refractivity contribution is -0.144. The van der Waals surface area contributed by atoms with Gasteiger partial charge in [-0.2, -0.15) is 0 Å². The first-order valence-electron chi connectivity index (χ1n) is 8.25. The maximum absolute atomic E-state index is 12.0. The Hall–Kier alpha value is -1.34. The molecule has 2 heterocycles. The summed E-state index contributed by atoms with van der Waals surface area (Å²) in [7, 11) is 0. The molecule has 0 aromatic rings. The Kier molecular flexibility index (Phi) is 5.52. The maximum atomic E-state index is 12.0. The van der Waals surface area contributed by atoms with Crippen LogP contribution in [0.25, 0.3) is 0 Å². The first-order valence-corrected chi connectivity index (χ1v) is 8.25. The van der Waals surface area contributed by atoms with Crippen molar-refractivity contribution in [3.05, 3.63) is 0 Å². The van der Waals surface area contributed by atoms with Gasteiger partial charge in [-0.15, -0.1) is 0 Å². The Morgan fingerprint density at radius 1 is 1.35 bits per heavy atom. The van der Waals surface area contributed by atoms with Gasteiger partial charge in [0.2, 0.25) is 0 Å². The lowest BCUT2D eigenvalue weighted by Gasteiger charge is -2.30. The predicted octanol–water partition coefficient (Wildman–Crippen LogP) is 1.47. The van der Waals surface area contributed by atoms with Crippen molar-refractivity contribution in [1.82, 2.24) is 10.2 Å². The molecule has 7 heteroatoms. The minimum Gasteiger partial charge on any atom is -0.479 e. The molecule has 0 aromatic carbocycles. The third kappa shape index (κ3) is 5.07. The standard InChI is InChI=1S/C16H28N2O5/c1-15(2,3)23-14(21)17-16(13(19)20)6-7-18(11-16)10-12-4-8-22-9-5-12/h12H,4-11H2,1-3H3,(H,17,21)(H,19,20). The zero-order valence-corrected chi connectivity index (χ0v) is 14.3. The number of hydrogen-bond acceptors (Lipinski definition) is 5. The molecule has 0 radical (unpaired) electrons. The topological polar surface area (TPSA) is 88.1 Å². The summed E-state index contributed by atoms with van der Waals surface area (Å²) < 4.78 is 10.6. The number of carbonyl (C=O) groups is 2. The van der Waals surface area contributed by atoms with Gasteiger partial charge in [0, 0.05) is 32.8 Å². The number of ether oxygens (including phenoxy) is 2. The van der Waals surface area contributed by atoms with Crippen LogP contribution in [0.1, 0.15) is 40.0 Å². The Labute approximate surface area is 137 Å². The van der Waals surface area contributed by atoms with Crippen molar-refractivity contribution in [2.45, 2.75) is 51.2 Å².